The Morgan fingerprint density at radius 1 is 1.11 bits per heavy atom. The number of pyridine rings is 1. The Morgan fingerprint density at radius 3 is 2.44 bits per heavy atom. The van der Waals surface area contributed by atoms with E-state index < -0.39 is 0 Å². The monoisotopic (exact) mass is 243 g/mol. The van der Waals surface area contributed by atoms with Gasteiger partial charge in [-0.15, -0.1) is 0 Å². The van der Waals surface area contributed by atoms with Crippen molar-refractivity contribution in [1.82, 2.24) is 4.98 Å². The van der Waals surface area contributed by atoms with Crippen LogP contribution >= 0.6 is 0 Å². The van der Waals surface area contributed by atoms with Gasteiger partial charge in [-0.05, 0) is 30.3 Å². The van der Waals surface area contributed by atoms with E-state index in [1.54, 1.807) is 13.3 Å². The van der Waals surface area contributed by atoms with E-state index in [4.69, 9.17) is 4.74 Å². The van der Waals surface area contributed by atoms with Crippen LogP contribution in [0, 0.1) is 0 Å². The van der Waals surface area contributed by atoms with Gasteiger partial charge in [-0.2, -0.15) is 0 Å². The molecular formula is C14H17N3O. The van der Waals surface area contributed by atoms with Crippen LogP contribution in [0.3, 0.4) is 0 Å². The predicted molar refractivity (Wildman–Crippen MR) is 74.8 cm³/mol. The molecule has 0 fully saturated rings. The summed E-state index contributed by atoms with van der Waals surface area (Å²) in [6.45, 7) is 0. The number of hydrogen-bond acceptors (Lipinski definition) is 4. The molecule has 1 aromatic heterocycles. The highest BCUT2D eigenvalue weighted by Crippen LogP contribution is 2.26. The maximum absolute atomic E-state index is 5.15. The number of rotatable bonds is 4. The number of nitrogens with one attached hydrogen (secondary N) is 1. The van der Waals surface area contributed by atoms with E-state index in [1.165, 1.54) is 0 Å². The zero-order chi connectivity index (χ0) is 13.0. The number of methoxy groups -OCH3 is 1. The Hall–Kier alpha value is -2.23. The zero-order valence-corrected chi connectivity index (χ0v) is 10.8. The Morgan fingerprint density at radius 2 is 1.83 bits per heavy atom. The molecule has 0 aliphatic rings. The first-order valence-corrected chi connectivity index (χ1v) is 5.75. The third kappa shape index (κ3) is 2.53. The summed E-state index contributed by atoms with van der Waals surface area (Å²) in [4.78, 5) is 6.28. The summed E-state index contributed by atoms with van der Waals surface area (Å²) < 4.78 is 5.15. The predicted octanol–water partition coefficient (Wildman–Crippen LogP) is 2.90. The molecule has 0 unspecified atom stereocenters. The number of anilines is 3. The lowest BCUT2D eigenvalue weighted by molar-refractivity contribution is 0.415. The number of nitrogens with zero attached hydrogens (tertiary/aromatic N) is 2. The first-order chi connectivity index (χ1) is 8.74. The van der Waals surface area contributed by atoms with Crippen LogP contribution in [-0.2, 0) is 0 Å². The number of aromatic nitrogens is 1. The van der Waals surface area contributed by atoms with Gasteiger partial charge in [0.1, 0.15) is 5.75 Å². The van der Waals surface area contributed by atoms with Gasteiger partial charge in [0.25, 0.3) is 0 Å². The summed E-state index contributed by atoms with van der Waals surface area (Å²) in [6.07, 6.45) is 3.64. The molecular weight excluding hydrogens is 226 g/mol. The van der Waals surface area contributed by atoms with Crippen molar-refractivity contribution in [1.29, 1.82) is 0 Å². The van der Waals surface area contributed by atoms with Gasteiger partial charge in [-0.3, -0.25) is 4.98 Å². The van der Waals surface area contributed by atoms with Crippen molar-refractivity contribution < 1.29 is 4.74 Å². The van der Waals surface area contributed by atoms with Gasteiger partial charge < -0.3 is 15.0 Å². The van der Waals surface area contributed by atoms with Crippen LogP contribution in [0.4, 0.5) is 17.1 Å². The van der Waals surface area contributed by atoms with Gasteiger partial charge in [0.15, 0.2) is 0 Å². The molecule has 2 rings (SSSR count). The topological polar surface area (TPSA) is 37.4 Å². The molecule has 18 heavy (non-hydrogen) atoms. The van der Waals surface area contributed by atoms with E-state index in [2.05, 4.69) is 21.3 Å². The van der Waals surface area contributed by atoms with Crippen LogP contribution in [0.25, 0.3) is 0 Å². The first kappa shape index (κ1) is 12.2. The van der Waals surface area contributed by atoms with Crippen LogP contribution in [0.5, 0.6) is 5.75 Å². The molecule has 4 nitrogen and oxygen atoms in total. The number of hydrogen-bond donors (Lipinski definition) is 1. The summed E-state index contributed by atoms with van der Waals surface area (Å²) in [5.41, 5.74) is 3.12. The number of benzene rings is 1. The van der Waals surface area contributed by atoms with E-state index in [9.17, 15) is 0 Å². The highest BCUT2D eigenvalue weighted by Gasteiger charge is 2.05. The van der Waals surface area contributed by atoms with E-state index >= 15 is 0 Å². The Labute approximate surface area is 107 Å². The minimum absolute atomic E-state index is 0.856. The van der Waals surface area contributed by atoms with Gasteiger partial charge in [0, 0.05) is 19.8 Å². The normalized spacial score (nSPS) is 9.94. The van der Waals surface area contributed by atoms with E-state index in [1.807, 2.05) is 44.6 Å². The quantitative estimate of drug-likeness (QED) is 0.896. The van der Waals surface area contributed by atoms with E-state index in [0.29, 0.717) is 0 Å². The Kier molecular flexibility index (Phi) is 3.67. The second-order valence-electron chi connectivity index (χ2n) is 3.94. The highest BCUT2D eigenvalue weighted by atomic mass is 16.5. The fraction of sp³-hybridized carbons (Fsp3) is 0.214. The Bertz CT molecular complexity index is 511. The largest absolute Gasteiger partial charge is 0.497 e. The van der Waals surface area contributed by atoms with E-state index in [0.717, 1.165) is 22.8 Å². The minimum Gasteiger partial charge on any atom is -0.497 e. The molecule has 0 radical (unpaired) electrons. The van der Waals surface area contributed by atoms with Crippen molar-refractivity contribution >= 4 is 17.1 Å². The summed E-state index contributed by atoms with van der Waals surface area (Å²) in [5.74, 6) is 0.856. The van der Waals surface area contributed by atoms with Crippen LogP contribution < -0.4 is 15.0 Å². The van der Waals surface area contributed by atoms with Crippen molar-refractivity contribution in [2.24, 2.45) is 0 Å². The molecule has 0 aliphatic carbocycles. The van der Waals surface area contributed by atoms with Crippen molar-refractivity contribution in [3.63, 3.8) is 0 Å². The highest BCUT2D eigenvalue weighted by molar-refractivity contribution is 5.65. The molecule has 2 aromatic rings. The molecule has 0 spiro atoms. The standard InChI is InChI=1S/C14H17N3O/c1-15-11-8-13(10-16-9-11)17(2)12-4-6-14(18-3)7-5-12/h4-10,15H,1-3H3. The smallest absolute Gasteiger partial charge is 0.119 e. The lowest BCUT2D eigenvalue weighted by atomic mass is 10.2. The van der Waals surface area contributed by atoms with Gasteiger partial charge in [0.05, 0.1) is 30.9 Å². The summed E-state index contributed by atoms with van der Waals surface area (Å²) in [5, 5.41) is 3.08. The molecule has 4 heteroatoms. The van der Waals surface area contributed by atoms with Crippen molar-refractivity contribution in [2.75, 3.05) is 31.4 Å². The second kappa shape index (κ2) is 5.40. The summed E-state index contributed by atoms with van der Waals surface area (Å²) in [7, 11) is 5.56. The molecule has 0 atom stereocenters. The fourth-order valence-corrected chi connectivity index (χ4v) is 1.70. The SMILES string of the molecule is CNc1cncc(N(C)c2ccc(OC)cc2)c1. The van der Waals surface area contributed by atoms with Crippen molar-refractivity contribution in [3.8, 4) is 5.75 Å². The third-order valence-corrected chi connectivity index (χ3v) is 2.86. The molecule has 0 amide bonds. The maximum atomic E-state index is 5.15. The van der Waals surface area contributed by atoms with Gasteiger partial charge in [0.2, 0.25) is 0 Å². The summed E-state index contributed by atoms with van der Waals surface area (Å²) in [6, 6.07) is 9.98. The van der Waals surface area contributed by atoms with Crippen LogP contribution in [-0.4, -0.2) is 26.2 Å². The van der Waals surface area contributed by atoms with E-state index in [-0.39, 0.29) is 0 Å². The van der Waals surface area contributed by atoms with Crippen LogP contribution in [0.2, 0.25) is 0 Å². The van der Waals surface area contributed by atoms with Gasteiger partial charge in [-0.25, -0.2) is 0 Å². The average Bonchev–Trinajstić information content (AvgIpc) is 2.46. The lowest BCUT2D eigenvalue weighted by Crippen LogP contribution is -2.09. The van der Waals surface area contributed by atoms with Crippen LogP contribution in [0.15, 0.2) is 42.7 Å². The first-order valence-electron chi connectivity index (χ1n) is 5.75. The van der Waals surface area contributed by atoms with Crippen LogP contribution in [0.1, 0.15) is 0 Å². The molecule has 1 N–H and O–H groups in total. The molecule has 0 aliphatic heterocycles. The molecule has 94 valence electrons. The molecule has 1 aromatic carbocycles. The summed E-state index contributed by atoms with van der Waals surface area (Å²) >= 11 is 0. The average molecular weight is 243 g/mol. The Balaban J connectivity index is 2.25. The van der Waals surface area contributed by atoms with Gasteiger partial charge >= 0.3 is 0 Å². The third-order valence-electron chi connectivity index (χ3n) is 2.86. The molecule has 0 saturated carbocycles. The lowest BCUT2D eigenvalue weighted by Gasteiger charge is -2.20. The van der Waals surface area contributed by atoms with Gasteiger partial charge in [-0.1, -0.05) is 0 Å². The molecule has 1 heterocycles. The minimum atomic E-state index is 0.856. The number of ether oxygens (including phenoxy) is 1. The fourth-order valence-electron chi connectivity index (χ4n) is 1.70. The zero-order valence-electron chi connectivity index (χ0n) is 10.8. The maximum Gasteiger partial charge on any atom is 0.119 e. The van der Waals surface area contributed by atoms with Crippen molar-refractivity contribution in [2.45, 2.75) is 0 Å². The molecule has 0 saturated heterocycles. The second-order valence-corrected chi connectivity index (χ2v) is 3.94. The molecule has 0 bridgehead atoms. The van der Waals surface area contributed by atoms with Crippen molar-refractivity contribution in [3.05, 3.63) is 42.7 Å².